The van der Waals surface area contributed by atoms with E-state index in [0.29, 0.717) is 18.5 Å². The van der Waals surface area contributed by atoms with E-state index < -0.39 is 0 Å². The first-order valence-corrected chi connectivity index (χ1v) is 10.6. The van der Waals surface area contributed by atoms with E-state index in [-0.39, 0.29) is 11.2 Å². The van der Waals surface area contributed by atoms with Gasteiger partial charge in [-0.25, -0.2) is 4.39 Å². The van der Waals surface area contributed by atoms with Gasteiger partial charge in [0.25, 0.3) is 0 Å². The first-order valence-electron chi connectivity index (χ1n) is 10.6. The van der Waals surface area contributed by atoms with Gasteiger partial charge in [-0.1, -0.05) is 32.0 Å². The average Bonchev–Trinajstić information content (AvgIpc) is 3.46. The van der Waals surface area contributed by atoms with Gasteiger partial charge < -0.3 is 15.5 Å². The molecule has 6 heteroatoms. The monoisotopic (exact) mass is 389 g/mol. The molecule has 1 saturated heterocycles. The summed E-state index contributed by atoms with van der Waals surface area (Å²) in [6, 6.07) is 7.64. The Bertz CT molecular complexity index is 663. The Labute approximate surface area is 169 Å². The molecular formula is C22H36FN5. The fourth-order valence-corrected chi connectivity index (χ4v) is 4.20. The van der Waals surface area contributed by atoms with E-state index in [4.69, 9.17) is 0 Å². The SMILES string of the molecule is CN=C(NCC(C(C)C)N1CCN(C)CC1)NCC1(c2ccccc2F)CC1. The maximum Gasteiger partial charge on any atom is 0.191 e. The van der Waals surface area contributed by atoms with Gasteiger partial charge >= 0.3 is 0 Å². The molecule has 0 aromatic heterocycles. The number of nitrogens with one attached hydrogen (secondary N) is 2. The molecular weight excluding hydrogens is 353 g/mol. The molecule has 2 aliphatic rings. The molecule has 0 bridgehead atoms. The number of aliphatic imine (C=N–C) groups is 1. The standard InChI is InChI=1S/C22H36FN5/c1-17(2)20(28-13-11-27(4)12-14-28)15-25-21(24-3)26-16-22(9-10-22)18-7-5-6-8-19(18)23/h5-8,17,20H,9-16H2,1-4H3,(H2,24,25,26). The van der Waals surface area contributed by atoms with Crippen LogP contribution >= 0.6 is 0 Å². The van der Waals surface area contributed by atoms with Crippen molar-refractivity contribution in [1.29, 1.82) is 0 Å². The third kappa shape index (κ3) is 5.03. The number of nitrogens with zero attached hydrogens (tertiary/aromatic N) is 3. The van der Waals surface area contributed by atoms with Gasteiger partial charge in [-0.2, -0.15) is 0 Å². The summed E-state index contributed by atoms with van der Waals surface area (Å²) in [6.45, 7) is 10.6. The molecule has 1 heterocycles. The number of rotatable bonds is 7. The Morgan fingerprint density at radius 2 is 1.82 bits per heavy atom. The van der Waals surface area contributed by atoms with Crippen LogP contribution in [0, 0.1) is 11.7 Å². The van der Waals surface area contributed by atoms with Crippen molar-refractivity contribution in [3.63, 3.8) is 0 Å². The lowest BCUT2D eigenvalue weighted by Gasteiger charge is -2.40. The minimum atomic E-state index is -0.0975. The molecule has 2 fully saturated rings. The molecule has 0 radical (unpaired) electrons. The molecule has 156 valence electrons. The topological polar surface area (TPSA) is 42.9 Å². The molecule has 1 aliphatic carbocycles. The van der Waals surface area contributed by atoms with Gasteiger partial charge in [-0.15, -0.1) is 0 Å². The van der Waals surface area contributed by atoms with Gasteiger partial charge in [-0.3, -0.25) is 9.89 Å². The van der Waals surface area contributed by atoms with Crippen LogP contribution in [0.2, 0.25) is 0 Å². The van der Waals surface area contributed by atoms with E-state index in [1.807, 2.05) is 12.1 Å². The highest BCUT2D eigenvalue weighted by atomic mass is 19.1. The van der Waals surface area contributed by atoms with Crippen molar-refractivity contribution in [1.82, 2.24) is 20.4 Å². The normalized spacial score (nSPS) is 21.6. The van der Waals surface area contributed by atoms with E-state index in [1.54, 1.807) is 19.2 Å². The van der Waals surface area contributed by atoms with Crippen LogP contribution in [0.5, 0.6) is 0 Å². The zero-order chi connectivity index (χ0) is 20.1. The van der Waals surface area contributed by atoms with Gasteiger partial charge in [0.05, 0.1) is 0 Å². The van der Waals surface area contributed by atoms with E-state index in [0.717, 1.165) is 57.1 Å². The van der Waals surface area contributed by atoms with Crippen molar-refractivity contribution < 1.29 is 4.39 Å². The molecule has 3 rings (SSSR count). The van der Waals surface area contributed by atoms with Crippen molar-refractivity contribution in [2.45, 2.75) is 38.1 Å². The lowest BCUT2D eigenvalue weighted by Crippen LogP contribution is -2.55. The van der Waals surface area contributed by atoms with Gasteiger partial charge in [0.1, 0.15) is 5.82 Å². The summed E-state index contributed by atoms with van der Waals surface area (Å²) in [6.07, 6.45) is 2.04. The predicted molar refractivity (Wildman–Crippen MR) is 114 cm³/mol. The summed E-state index contributed by atoms with van der Waals surface area (Å²) in [7, 11) is 3.99. The molecule has 1 aliphatic heterocycles. The predicted octanol–water partition coefficient (Wildman–Crippen LogP) is 2.29. The molecule has 1 atom stereocenters. The first kappa shape index (κ1) is 21.1. The molecule has 1 unspecified atom stereocenters. The molecule has 1 aromatic carbocycles. The third-order valence-corrected chi connectivity index (χ3v) is 6.37. The number of benzene rings is 1. The van der Waals surface area contributed by atoms with Crippen molar-refractivity contribution in [2.75, 3.05) is 53.4 Å². The number of piperazine rings is 1. The highest BCUT2D eigenvalue weighted by Crippen LogP contribution is 2.48. The van der Waals surface area contributed by atoms with E-state index in [9.17, 15) is 4.39 Å². The van der Waals surface area contributed by atoms with Gasteiger partial charge in [0, 0.05) is 57.8 Å². The molecule has 0 amide bonds. The summed E-state index contributed by atoms with van der Waals surface area (Å²) < 4.78 is 14.2. The smallest absolute Gasteiger partial charge is 0.191 e. The van der Waals surface area contributed by atoms with Gasteiger partial charge in [0.2, 0.25) is 0 Å². The lowest BCUT2D eigenvalue weighted by molar-refractivity contribution is 0.0900. The van der Waals surface area contributed by atoms with Crippen LogP contribution in [-0.2, 0) is 5.41 Å². The fraction of sp³-hybridized carbons (Fsp3) is 0.682. The molecule has 1 aromatic rings. The second kappa shape index (κ2) is 9.23. The minimum Gasteiger partial charge on any atom is -0.356 e. The summed E-state index contributed by atoms with van der Waals surface area (Å²) >= 11 is 0. The van der Waals surface area contributed by atoms with Gasteiger partial charge in [-0.05, 0) is 37.4 Å². The zero-order valence-electron chi connectivity index (χ0n) is 17.8. The molecule has 28 heavy (non-hydrogen) atoms. The number of hydrogen-bond acceptors (Lipinski definition) is 3. The third-order valence-electron chi connectivity index (χ3n) is 6.37. The molecule has 5 nitrogen and oxygen atoms in total. The summed E-state index contributed by atoms with van der Waals surface area (Å²) in [5, 5.41) is 6.96. The fourth-order valence-electron chi connectivity index (χ4n) is 4.20. The number of likely N-dealkylation sites (N-methyl/N-ethyl adjacent to an activating group) is 1. The molecule has 1 saturated carbocycles. The Kier molecular flexibility index (Phi) is 6.94. The van der Waals surface area contributed by atoms with Gasteiger partial charge in [0.15, 0.2) is 5.96 Å². The van der Waals surface area contributed by atoms with Crippen LogP contribution in [0.4, 0.5) is 4.39 Å². The van der Waals surface area contributed by atoms with Crippen LogP contribution < -0.4 is 10.6 Å². The molecule has 0 spiro atoms. The zero-order valence-corrected chi connectivity index (χ0v) is 17.8. The van der Waals surface area contributed by atoms with E-state index in [2.05, 4.69) is 46.3 Å². The number of halogens is 1. The summed E-state index contributed by atoms with van der Waals surface area (Å²) in [5.74, 6) is 1.28. The highest BCUT2D eigenvalue weighted by molar-refractivity contribution is 5.79. The Morgan fingerprint density at radius 1 is 1.14 bits per heavy atom. The number of guanidine groups is 1. The minimum absolute atomic E-state index is 0.0854. The maximum atomic E-state index is 14.2. The van der Waals surface area contributed by atoms with Crippen LogP contribution in [0.3, 0.4) is 0 Å². The summed E-state index contributed by atoms with van der Waals surface area (Å²) in [4.78, 5) is 9.38. The van der Waals surface area contributed by atoms with Crippen molar-refractivity contribution in [2.24, 2.45) is 10.9 Å². The maximum absolute atomic E-state index is 14.2. The Hall–Kier alpha value is -1.66. The second-order valence-corrected chi connectivity index (χ2v) is 8.72. The van der Waals surface area contributed by atoms with E-state index in [1.165, 1.54) is 0 Å². The van der Waals surface area contributed by atoms with Crippen molar-refractivity contribution in [3.8, 4) is 0 Å². The quantitative estimate of drug-likeness (QED) is 0.555. The largest absolute Gasteiger partial charge is 0.356 e. The average molecular weight is 390 g/mol. The first-order chi connectivity index (χ1) is 13.4. The van der Waals surface area contributed by atoms with Crippen LogP contribution in [-0.4, -0.2) is 75.2 Å². The highest BCUT2D eigenvalue weighted by Gasteiger charge is 2.45. The Morgan fingerprint density at radius 3 is 2.39 bits per heavy atom. The molecule has 2 N–H and O–H groups in total. The Balaban J connectivity index is 1.53. The summed E-state index contributed by atoms with van der Waals surface area (Å²) in [5.41, 5.74) is 0.744. The lowest BCUT2D eigenvalue weighted by atomic mass is 9.95. The number of hydrogen-bond donors (Lipinski definition) is 2. The van der Waals surface area contributed by atoms with Crippen LogP contribution in [0.1, 0.15) is 32.3 Å². The van der Waals surface area contributed by atoms with Crippen LogP contribution in [0.25, 0.3) is 0 Å². The van der Waals surface area contributed by atoms with Crippen molar-refractivity contribution >= 4 is 5.96 Å². The van der Waals surface area contributed by atoms with Crippen molar-refractivity contribution in [3.05, 3.63) is 35.6 Å². The second-order valence-electron chi connectivity index (χ2n) is 8.72. The van der Waals surface area contributed by atoms with E-state index >= 15 is 0 Å². The van der Waals surface area contributed by atoms with Crippen LogP contribution in [0.15, 0.2) is 29.3 Å².